The number of amides is 1. The van der Waals surface area contributed by atoms with E-state index in [2.05, 4.69) is 43.5 Å². The van der Waals surface area contributed by atoms with Crippen molar-refractivity contribution in [1.82, 2.24) is 5.32 Å². The highest BCUT2D eigenvalue weighted by atomic mass is 31.2. The maximum atomic E-state index is 12.9. The van der Waals surface area contributed by atoms with Crippen LogP contribution in [0.2, 0.25) is 0 Å². The number of rotatable bonds is 35. The van der Waals surface area contributed by atoms with Gasteiger partial charge in [0.1, 0.15) is 36.6 Å². The molecule has 1 saturated carbocycles. The molecule has 0 aromatic carbocycles. The molecule has 57 heavy (non-hydrogen) atoms. The zero-order valence-corrected chi connectivity index (χ0v) is 35.9. The van der Waals surface area contributed by atoms with Crippen LogP contribution in [-0.4, -0.2) is 108 Å². The Hall–Kier alpha value is -1.48. The summed E-state index contributed by atoms with van der Waals surface area (Å²) in [5.74, 6) is -0.615. The average molecular weight is 834 g/mol. The molecule has 0 aliphatic heterocycles. The van der Waals surface area contributed by atoms with Gasteiger partial charge < -0.3 is 46.0 Å². The van der Waals surface area contributed by atoms with Gasteiger partial charge in [-0.1, -0.05) is 140 Å². The van der Waals surface area contributed by atoms with Gasteiger partial charge in [0, 0.05) is 0 Å². The highest BCUT2D eigenvalue weighted by Gasteiger charge is 2.51. The largest absolute Gasteiger partial charge is 0.472 e. The molecule has 1 aliphatic carbocycles. The minimum atomic E-state index is -5.15. The van der Waals surface area contributed by atoms with E-state index < -0.39 is 75.2 Å². The summed E-state index contributed by atoms with van der Waals surface area (Å²) in [5.41, 5.74) is 0. The quantitative estimate of drug-likeness (QED) is 0.0187. The van der Waals surface area contributed by atoms with Crippen LogP contribution in [0.5, 0.6) is 0 Å². The number of hydrogen-bond donors (Lipinski definition) is 9. The lowest BCUT2D eigenvalue weighted by atomic mass is 9.85. The van der Waals surface area contributed by atoms with Crippen LogP contribution in [0.25, 0.3) is 0 Å². The van der Waals surface area contributed by atoms with E-state index >= 15 is 0 Å². The van der Waals surface area contributed by atoms with Crippen molar-refractivity contribution in [3.63, 3.8) is 0 Å². The third kappa shape index (κ3) is 25.7. The van der Waals surface area contributed by atoms with Crippen molar-refractivity contribution in [3.05, 3.63) is 36.5 Å². The Morgan fingerprint density at radius 1 is 0.614 bits per heavy atom. The summed E-state index contributed by atoms with van der Waals surface area (Å²) in [6.07, 6.45) is 22.5. The van der Waals surface area contributed by atoms with Crippen molar-refractivity contribution >= 4 is 13.7 Å². The number of aliphatic hydroxyl groups is 7. The molecular weight excluding hydrogens is 753 g/mol. The predicted molar refractivity (Wildman–Crippen MR) is 224 cm³/mol. The van der Waals surface area contributed by atoms with E-state index in [1.165, 1.54) is 89.5 Å². The van der Waals surface area contributed by atoms with E-state index in [9.17, 15) is 50.0 Å². The van der Waals surface area contributed by atoms with Gasteiger partial charge in [-0.05, 0) is 57.8 Å². The summed E-state index contributed by atoms with van der Waals surface area (Å²) in [4.78, 5) is 23.3. The maximum absolute atomic E-state index is 12.9. The fraction of sp³-hybridized carbons (Fsp3) is 0.837. The highest BCUT2D eigenvalue weighted by molar-refractivity contribution is 7.47. The standard InChI is InChI=1S/C43H80NO12P/c1-3-5-7-9-11-13-15-16-17-18-19-20-21-23-25-27-29-31-36(46)35(33-55-57(53,54)56-43-41(51)39(49)38(48)40(50)42(43)52)44-37(47)32-34(45)30-28-26-24-22-14-12-10-8-6-4-2/h12,14,21,23,29,31,34-36,38-43,45-46,48-52H,3-11,13,15-20,22,24-28,30,32-33H2,1-2H3,(H,44,47)(H,53,54)/b14-12-,23-21+,31-29+. The SMILES string of the molecule is CCCCC/C=C\CCCCCC(O)CC(=O)NC(COP(=O)(O)OC1C(O)C(O)C(O)C(O)C1O)C(O)/C=C/CC/C=C/CCCCCCCCCCCCC. The Morgan fingerprint density at radius 3 is 1.58 bits per heavy atom. The van der Waals surface area contributed by atoms with Crippen molar-refractivity contribution < 1.29 is 59.0 Å². The molecule has 0 bridgehead atoms. The smallest absolute Gasteiger partial charge is 0.393 e. The Labute approximate surface area is 343 Å². The third-order valence-corrected chi connectivity index (χ3v) is 11.4. The number of nitrogens with one attached hydrogen (secondary N) is 1. The van der Waals surface area contributed by atoms with E-state index in [1.54, 1.807) is 6.08 Å². The average Bonchev–Trinajstić information content (AvgIpc) is 3.18. The van der Waals surface area contributed by atoms with Crippen molar-refractivity contribution in [2.24, 2.45) is 0 Å². The minimum absolute atomic E-state index is 0.264. The normalized spacial score (nSPS) is 24.3. The molecule has 1 aliphatic rings. The van der Waals surface area contributed by atoms with Crippen LogP contribution < -0.4 is 5.32 Å². The van der Waals surface area contributed by atoms with E-state index in [0.29, 0.717) is 12.8 Å². The maximum Gasteiger partial charge on any atom is 0.472 e. The Bertz CT molecular complexity index is 1120. The van der Waals surface area contributed by atoms with Gasteiger partial charge in [0.15, 0.2) is 0 Å². The predicted octanol–water partition coefficient (Wildman–Crippen LogP) is 6.58. The van der Waals surface area contributed by atoms with E-state index in [1.807, 2.05) is 0 Å². The van der Waals surface area contributed by atoms with Crippen molar-refractivity contribution in [2.75, 3.05) is 6.61 Å². The van der Waals surface area contributed by atoms with Crippen LogP contribution >= 0.6 is 7.82 Å². The first-order valence-corrected chi connectivity index (χ1v) is 23.5. The molecule has 0 aromatic rings. The van der Waals surface area contributed by atoms with E-state index in [-0.39, 0.29) is 6.42 Å². The summed E-state index contributed by atoms with van der Waals surface area (Å²) in [6, 6.07) is -1.26. The van der Waals surface area contributed by atoms with Crippen molar-refractivity contribution in [2.45, 2.75) is 223 Å². The second kappa shape index (κ2) is 33.3. The molecule has 1 fully saturated rings. The molecule has 8 unspecified atom stereocenters. The van der Waals surface area contributed by atoms with Crippen molar-refractivity contribution in [1.29, 1.82) is 0 Å². The zero-order chi connectivity index (χ0) is 42.3. The first-order valence-electron chi connectivity index (χ1n) is 22.0. The molecule has 13 nitrogen and oxygen atoms in total. The molecule has 334 valence electrons. The van der Waals surface area contributed by atoms with Crippen molar-refractivity contribution in [3.8, 4) is 0 Å². The number of allylic oxidation sites excluding steroid dienone is 5. The highest BCUT2D eigenvalue weighted by Crippen LogP contribution is 2.47. The Morgan fingerprint density at radius 2 is 1.04 bits per heavy atom. The fourth-order valence-corrected chi connectivity index (χ4v) is 7.75. The summed E-state index contributed by atoms with van der Waals surface area (Å²) >= 11 is 0. The number of carbonyl (C=O) groups is 1. The Balaban J connectivity index is 2.62. The van der Waals surface area contributed by atoms with Gasteiger partial charge in [0.25, 0.3) is 0 Å². The topological polar surface area (TPSA) is 226 Å². The van der Waals surface area contributed by atoms with Gasteiger partial charge in [-0.3, -0.25) is 13.8 Å². The molecule has 0 aromatic heterocycles. The van der Waals surface area contributed by atoms with Crippen LogP contribution in [0.15, 0.2) is 36.5 Å². The van der Waals surface area contributed by atoms with Gasteiger partial charge in [-0.2, -0.15) is 0 Å². The lowest BCUT2D eigenvalue weighted by Crippen LogP contribution is -2.64. The summed E-state index contributed by atoms with van der Waals surface area (Å²) in [5, 5.41) is 74.2. The summed E-state index contributed by atoms with van der Waals surface area (Å²) < 4.78 is 22.8. The second-order valence-corrected chi connectivity index (χ2v) is 17.1. The molecule has 9 N–H and O–H groups in total. The van der Waals surface area contributed by atoms with E-state index in [4.69, 9.17) is 9.05 Å². The lowest BCUT2D eigenvalue weighted by molar-refractivity contribution is -0.220. The minimum Gasteiger partial charge on any atom is -0.393 e. The van der Waals surface area contributed by atoms with Crippen LogP contribution in [0.4, 0.5) is 0 Å². The number of unbranched alkanes of at least 4 members (excludes halogenated alkanes) is 18. The zero-order valence-electron chi connectivity index (χ0n) is 35.0. The Kier molecular flexibility index (Phi) is 31.2. The molecule has 8 atom stereocenters. The monoisotopic (exact) mass is 834 g/mol. The molecule has 0 heterocycles. The third-order valence-electron chi connectivity index (χ3n) is 10.4. The second-order valence-electron chi connectivity index (χ2n) is 15.7. The lowest BCUT2D eigenvalue weighted by Gasteiger charge is -2.41. The summed E-state index contributed by atoms with van der Waals surface area (Å²) in [6.45, 7) is 3.67. The van der Waals surface area contributed by atoms with Crippen LogP contribution in [0, 0.1) is 0 Å². The first-order chi connectivity index (χ1) is 27.3. The molecule has 0 radical (unpaired) electrons. The van der Waals surface area contributed by atoms with Crippen LogP contribution in [0.1, 0.15) is 168 Å². The molecule has 1 rings (SSSR count). The van der Waals surface area contributed by atoms with Gasteiger partial charge in [0.05, 0.1) is 31.3 Å². The number of carbonyl (C=O) groups excluding carboxylic acids is 1. The number of aliphatic hydroxyl groups excluding tert-OH is 7. The van der Waals surface area contributed by atoms with Crippen LogP contribution in [0.3, 0.4) is 0 Å². The van der Waals surface area contributed by atoms with E-state index in [0.717, 1.165) is 51.4 Å². The molecule has 0 saturated heterocycles. The molecular formula is C43H80NO12P. The summed E-state index contributed by atoms with van der Waals surface area (Å²) in [7, 11) is -5.15. The van der Waals surface area contributed by atoms with Gasteiger partial charge in [0.2, 0.25) is 5.91 Å². The molecule has 0 spiro atoms. The van der Waals surface area contributed by atoms with Crippen LogP contribution in [-0.2, 0) is 18.4 Å². The number of phosphoric acid groups is 1. The van der Waals surface area contributed by atoms with Gasteiger partial charge in [-0.25, -0.2) is 4.57 Å². The fourth-order valence-electron chi connectivity index (χ4n) is 6.78. The first kappa shape index (κ1) is 53.5. The molecule has 14 heteroatoms. The number of phosphoric ester groups is 1. The number of hydrogen-bond acceptors (Lipinski definition) is 11. The van der Waals surface area contributed by atoms with Gasteiger partial charge in [-0.15, -0.1) is 0 Å². The molecule has 1 amide bonds. The van der Waals surface area contributed by atoms with Gasteiger partial charge >= 0.3 is 7.82 Å².